The highest BCUT2D eigenvalue weighted by Gasteiger charge is 2.28. The van der Waals surface area contributed by atoms with Gasteiger partial charge in [-0.25, -0.2) is 0 Å². The number of nitrogens with one attached hydrogen (secondary N) is 1. The number of aliphatic hydroxyl groups excluding tert-OH is 1. The van der Waals surface area contributed by atoms with Crippen LogP contribution in [0.25, 0.3) is 0 Å². The summed E-state index contributed by atoms with van der Waals surface area (Å²) < 4.78 is 0. The van der Waals surface area contributed by atoms with Gasteiger partial charge in [-0.05, 0) is 43.4 Å². The molecule has 0 fully saturated rings. The Bertz CT molecular complexity index is 410. The Balaban J connectivity index is 2.18. The molecule has 3 atom stereocenters. The van der Waals surface area contributed by atoms with Gasteiger partial charge in [0.1, 0.15) is 0 Å². The van der Waals surface area contributed by atoms with E-state index in [1.54, 1.807) is 0 Å². The fraction of sp³-hybridized carbons (Fsp3) is 0.647. The number of benzene rings is 1. The molecule has 1 aliphatic carbocycles. The van der Waals surface area contributed by atoms with Crippen LogP contribution in [0, 0.1) is 0 Å². The molecule has 3 heteroatoms. The van der Waals surface area contributed by atoms with E-state index in [1.807, 2.05) is 11.8 Å². The summed E-state index contributed by atoms with van der Waals surface area (Å²) in [5, 5.41) is 14.0. The molecule has 0 saturated heterocycles. The summed E-state index contributed by atoms with van der Waals surface area (Å²) in [6.45, 7) is 5.72. The minimum Gasteiger partial charge on any atom is -0.396 e. The smallest absolute Gasteiger partial charge is 0.0443 e. The Morgan fingerprint density at radius 3 is 2.95 bits per heavy atom. The van der Waals surface area contributed by atoms with Gasteiger partial charge in [0.05, 0.1) is 0 Å². The minimum absolute atomic E-state index is 0.295. The third-order valence-electron chi connectivity index (χ3n) is 4.06. The quantitative estimate of drug-likeness (QED) is 0.787. The Morgan fingerprint density at radius 2 is 2.20 bits per heavy atom. The van der Waals surface area contributed by atoms with Crippen LogP contribution in [0.2, 0.25) is 0 Å². The van der Waals surface area contributed by atoms with Crippen molar-refractivity contribution in [1.82, 2.24) is 5.32 Å². The van der Waals surface area contributed by atoms with Crippen molar-refractivity contribution in [2.75, 3.05) is 13.2 Å². The summed E-state index contributed by atoms with van der Waals surface area (Å²) >= 11 is 2.05. The molecule has 1 aliphatic rings. The molecule has 2 rings (SSSR count). The van der Waals surface area contributed by atoms with E-state index in [4.69, 9.17) is 5.11 Å². The van der Waals surface area contributed by atoms with E-state index in [1.165, 1.54) is 30.4 Å². The average Bonchev–Trinajstić information content (AvgIpc) is 2.60. The van der Waals surface area contributed by atoms with E-state index in [0.717, 1.165) is 13.0 Å². The lowest BCUT2D eigenvalue weighted by atomic mass is 9.99. The van der Waals surface area contributed by atoms with Crippen LogP contribution >= 0.6 is 11.8 Å². The summed E-state index contributed by atoms with van der Waals surface area (Å²) in [7, 11) is 0. The van der Waals surface area contributed by atoms with Crippen molar-refractivity contribution in [3.05, 3.63) is 35.4 Å². The normalized spacial score (nSPS) is 23.9. The van der Waals surface area contributed by atoms with Crippen LogP contribution in [0.4, 0.5) is 0 Å². The highest BCUT2D eigenvalue weighted by molar-refractivity contribution is 8.00. The lowest BCUT2D eigenvalue weighted by Gasteiger charge is -2.29. The van der Waals surface area contributed by atoms with Crippen molar-refractivity contribution in [1.29, 1.82) is 0 Å². The van der Waals surface area contributed by atoms with Gasteiger partial charge in [0.15, 0.2) is 0 Å². The third kappa shape index (κ3) is 4.00. The van der Waals surface area contributed by atoms with Gasteiger partial charge in [-0.3, -0.25) is 0 Å². The highest BCUT2D eigenvalue weighted by atomic mass is 32.2. The Labute approximate surface area is 127 Å². The van der Waals surface area contributed by atoms with Gasteiger partial charge in [0, 0.05) is 23.1 Å². The van der Waals surface area contributed by atoms with Crippen molar-refractivity contribution in [2.45, 2.75) is 56.1 Å². The predicted molar refractivity (Wildman–Crippen MR) is 88.3 cm³/mol. The lowest BCUT2D eigenvalue weighted by molar-refractivity contribution is 0.288. The zero-order valence-electron chi connectivity index (χ0n) is 12.6. The van der Waals surface area contributed by atoms with Crippen LogP contribution in [0.1, 0.15) is 50.3 Å². The Hall–Kier alpha value is -0.510. The number of aliphatic hydroxyl groups is 1. The number of rotatable bonds is 6. The second kappa shape index (κ2) is 8.06. The number of hydrogen-bond acceptors (Lipinski definition) is 3. The number of hydrogen-bond donors (Lipinski definition) is 2. The molecular formula is C17H27NOS. The molecule has 0 aliphatic heterocycles. The number of aryl methyl sites for hydroxylation is 1. The van der Waals surface area contributed by atoms with Gasteiger partial charge in [0.25, 0.3) is 0 Å². The van der Waals surface area contributed by atoms with E-state index in [9.17, 15) is 0 Å². The second-order valence-corrected chi connectivity index (χ2v) is 7.31. The summed E-state index contributed by atoms with van der Waals surface area (Å²) in [5.41, 5.74) is 3.00. The standard InChI is InChI=1S/C17H27NOS/c1-3-18-17-15-9-5-4-7-14(15)8-6-10-16(17)20-13(2)11-12-19/h4-5,7,9,13,16-19H,3,6,8,10-12H2,1-2H3. The van der Waals surface area contributed by atoms with E-state index in [-0.39, 0.29) is 0 Å². The fourth-order valence-corrected chi connectivity index (χ4v) is 4.62. The SMILES string of the molecule is CCNC1c2ccccc2CCCC1SC(C)CCO. The van der Waals surface area contributed by atoms with E-state index in [2.05, 4.69) is 43.4 Å². The first kappa shape index (κ1) is 15.9. The maximum absolute atomic E-state index is 9.12. The average molecular weight is 293 g/mol. The minimum atomic E-state index is 0.295. The van der Waals surface area contributed by atoms with Crippen molar-refractivity contribution >= 4 is 11.8 Å². The molecule has 0 spiro atoms. The van der Waals surface area contributed by atoms with Gasteiger partial charge in [-0.1, -0.05) is 38.1 Å². The maximum atomic E-state index is 9.12. The predicted octanol–water partition coefficient (Wildman–Crippen LogP) is 3.55. The summed E-state index contributed by atoms with van der Waals surface area (Å²) in [5.74, 6) is 0. The van der Waals surface area contributed by atoms with Crippen LogP contribution in [0.15, 0.2) is 24.3 Å². The monoisotopic (exact) mass is 293 g/mol. The van der Waals surface area contributed by atoms with Crippen molar-refractivity contribution in [3.63, 3.8) is 0 Å². The first-order valence-electron chi connectivity index (χ1n) is 7.83. The Morgan fingerprint density at radius 1 is 1.40 bits per heavy atom. The van der Waals surface area contributed by atoms with Gasteiger partial charge < -0.3 is 10.4 Å². The van der Waals surface area contributed by atoms with Crippen molar-refractivity contribution < 1.29 is 5.11 Å². The summed E-state index contributed by atoms with van der Waals surface area (Å²) in [6, 6.07) is 9.34. The van der Waals surface area contributed by atoms with Crippen LogP contribution in [0.5, 0.6) is 0 Å². The molecule has 2 N–H and O–H groups in total. The molecule has 1 aromatic carbocycles. The molecule has 0 heterocycles. The molecule has 1 aromatic rings. The molecule has 0 saturated carbocycles. The fourth-order valence-electron chi connectivity index (χ4n) is 3.08. The van der Waals surface area contributed by atoms with Gasteiger partial charge >= 0.3 is 0 Å². The van der Waals surface area contributed by atoms with Crippen molar-refractivity contribution in [3.8, 4) is 0 Å². The second-order valence-electron chi connectivity index (χ2n) is 5.62. The summed E-state index contributed by atoms with van der Waals surface area (Å²) in [4.78, 5) is 0. The van der Waals surface area contributed by atoms with E-state index in [0.29, 0.717) is 23.1 Å². The van der Waals surface area contributed by atoms with Crippen LogP contribution < -0.4 is 5.32 Å². The van der Waals surface area contributed by atoms with Gasteiger partial charge in [-0.15, -0.1) is 0 Å². The zero-order chi connectivity index (χ0) is 14.4. The van der Waals surface area contributed by atoms with E-state index < -0.39 is 0 Å². The number of thioether (sulfide) groups is 1. The van der Waals surface area contributed by atoms with Gasteiger partial charge in [-0.2, -0.15) is 11.8 Å². The first-order chi connectivity index (χ1) is 9.76. The van der Waals surface area contributed by atoms with Crippen LogP contribution in [0.3, 0.4) is 0 Å². The molecule has 0 radical (unpaired) electrons. The molecule has 0 amide bonds. The van der Waals surface area contributed by atoms with Crippen LogP contribution in [-0.4, -0.2) is 28.8 Å². The van der Waals surface area contributed by atoms with Gasteiger partial charge in [0.2, 0.25) is 0 Å². The lowest BCUT2D eigenvalue weighted by Crippen LogP contribution is -2.31. The largest absolute Gasteiger partial charge is 0.396 e. The first-order valence-corrected chi connectivity index (χ1v) is 8.78. The molecule has 0 aromatic heterocycles. The molecule has 112 valence electrons. The molecule has 3 unspecified atom stereocenters. The van der Waals surface area contributed by atoms with E-state index >= 15 is 0 Å². The Kier molecular flexibility index (Phi) is 6.40. The molecule has 0 bridgehead atoms. The molecular weight excluding hydrogens is 266 g/mol. The summed E-state index contributed by atoms with van der Waals surface area (Å²) in [6.07, 6.45) is 4.61. The molecule has 2 nitrogen and oxygen atoms in total. The number of fused-ring (bicyclic) bond motifs is 1. The molecule has 20 heavy (non-hydrogen) atoms. The van der Waals surface area contributed by atoms with Crippen molar-refractivity contribution in [2.24, 2.45) is 0 Å². The zero-order valence-corrected chi connectivity index (χ0v) is 13.5. The highest BCUT2D eigenvalue weighted by Crippen LogP contribution is 2.38. The topological polar surface area (TPSA) is 32.3 Å². The van der Waals surface area contributed by atoms with Crippen LogP contribution in [-0.2, 0) is 6.42 Å². The maximum Gasteiger partial charge on any atom is 0.0443 e. The third-order valence-corrected chi connectivity index (χ3v) is 5.62.